The number of benzene rings is 2. The summed E-state index contributed by atoms with van der Waals surface area (Å²) in [5.74, 6) is -8.25. The highest BCUT2D eigenvalue weighted by molar-refractivity contribution is 7.91. The summed E-state index contributed by atoms with van der Waals surface area (Å²) in [5.41, 5.74) is -0.728. The number of fused-ring (bicyclic) bond motifs is 1. The molecule has 2 atom stereocenters. The third-order valence-corrected chi connectivity index (χ3v) is 12.1. The van der Waals surface area contributed by atoms with Gasteiger partial charge in [-0.1, -0.05) is 57.6 Å². The van der Waals surface area contributed by atoms with Gasteiger partial charge in [0.1, 0.15) is 23.4 Å². The predicted molar refractivity (Wildman–Crippen MR) is 139 cm³/mol. The molecule has 212 valence electrons. The van der Waals surface area contributed by atoms with Gasteiger partial charge in [-0.15, -0.1) is 0 Å². The number of rotatable bonds is 13. The number of ether oxygens (including phenoxy) is 1. The molecule has 0 bridgehead atoms. The number of sulfone groups is 1. The van der Waals surface area contributed by atoms with Gasteiger partial charge in [-0.25, -0.2) is 21.6 Å². The second-order valence-corrected chi connectivity index (χ2v) is 16.3. The molecule has 2 aromatic carbocycles. The van der Waals surface area contributed by atoms with Crippen molar-refractivity contribution in [1.82, 2.24) is 0 Å². The minimum atomic E-state index is -5.24. The summed E-state index contributed by atoms with van der Waals surface area (Å²) in [5, 5.41) is -0.271. The average molecular weight is 599 g/mol. The molecule has 2 unspecified atom stereocenters. The second kappa shape index (κ2) is 12.2. The van der Waals surface area contributed by atoms with E-state index in [0.717, 1.165) is 56.4 Å². The normalized spacial score (nSPS) is 18.4. The van der Waals surface area contributed by atoms with Crippen LogP contribution < -0.4 is 4.74 Å². The maximum absolute atomic E-state index is 15.6. The van der Waals surface area contributed by atoms with E-state index in [4.69, 9.17) is 20.8 Å². The van der Waals surface area contributed by atoms with Crippen molar-refractivity contribution in [2.45, 2.75) is 93.7 Å². The van der Waals surface area contributed by atoms with Gasteiger partial charge in [0.2, 0.25) is 9.84 Å². The van der Waals surface area contributed by atoms with E-state index in [0.29, 0.717) is 12.1 Å². The highest BCUT2D eigenvalue weighted by Gasteiger charge is 2.55. The fourth-order valence-electron chi connectivity index (χ4n) is 4.71. The van der Waals surface area contributed by atoms with Crippen LogP contribution in [0, 0.1) is 5.82 Å². The SMILES string of the molecule is CCCCC[Si](C)(CCCC)OC1c2c(S(=O)(=O)C(F)F)ccc(Oc3ccc(F)c(Cl)c3)c2CC1(F)F. The van der Waals surface area contributed by atoms with E-state index in [-0.39, 0.29) is 22.1 Å². The van der Waals surface area contributed by atoms with Crippen LogP contribution in [0.2, 0.25) is 23.7 Å². The summed E-state index contributed by atoms with van der Waals surface area (Å²) < 4.78 is 109. The molecule has 0 amide bonds. The topological polar surface area (TPSA) is 52.6 Å². The number of unbranched alkanes of at least 4 members (excludes halogenated alkanes) is 3. The summed E-state index contributed by atoms with van der Waals surface area (Å²) in [7, 11) is -8.04. The largest absolute Gasteiger partial charge is 0.457 e. The minimum absolute atomic E-state index is 0.0116. The van der Waals surface area contributed by atoms with E-state index < -0.39 is 58.6 Å². The number of hydrogen-bond donors (Lipinski definition) is 0. The van der Waals surface area contributed by atoms with Crippen LogP contribution in [0.1, 0.15) is 63.2 Å². The van der Waals surface area contributed by atoms with Crippen molar-refractivity contribution in [3.8, 4) is 11.5 Å². The van der Waals surface area contributed by atoms with Crippen molar-refractivity contribution in [2.75, 3.05) is 0 Å². The Morgan fingerprint density at radius 3 is 2.34 bits per heavy atom. The molecule has 0 aliphatic heterocycles. The van der Waals surface area contributed by atoms with Crippen molar-refractivity contribution in [1.29, 1.82) is 0 Å². The molecule has 0 radical (unpaired) electrons. The van der Waals surface area contributed by atoms with Crippen molar-refractivity contribution < 1.29 is 39.5 Å². The third kappa shape index (κ3) is 6.71. The minimum Gasteiger partial charge on any atom is -0.457 e. The standard InChI is InChI=1S/C26H32ClF5O4SSi/c1-4-6-8-14-38(3,13-7-5-2)36-24-23-18(16-26(24,31)32)21(11-12-22(23)37(33,34)25(29)30)35-17-9-10-20(28)19(27)15-17/h9-12,15,24-25H,4-8,13-14,16H2,1-3H3. The van der Waals surface area contributed by atoms with Crippen molar-refractivity contribution in [3.05, 3.63) is 52.3 Å². The van der Waals surface area contributed by atoms with Gasteiger partial charge in [0.05, 0.1) is 9.92 Å². The molecule has 0 aromatic heterocycles. The lowest BCUT2D eigenvalue weighted by Gasteiger charge is -2.34. The molecule has 0 saturated heterocycles. The Bertz CT molecular complexity index is 1240. The number of alkyl halides is 4. The van der Waals surface area contributed by atoms with Gasteiger partial charge < -0.3 is 9.16 Å². The highest BCUT2D eigenvalue weighted by Crippen LogP contribution is 2.53. The van der Waals surface area contributed by atoms with Gasteiger partial charge in [0.15, 0.2) is 8.32 Å². The molecule has 0 heterocycles. The van der Waals surface area contributed by atoms with Crippen LogP contribution in [0.15, 0.2) is 35.2 Å². The Balaban J connectivity index is 2.15. The fourth-order valence-corrected chi connectivity index (χ4v) is 9.31. The van der Waals surface area contributed by atoms with E-state index in [1.807, 2.05) is 20.4 Å². The molecular weight excluding hydrogens is 567 g/mol. The molecule has 4 nitrogen and oxygen atoms in total. The summed E-state index contributed by atoms with van der Waals surface area (Å²) >= 11 is 5.80. The maximum Gasteiger partial charge on any atom is 0.341 e. The van der Waals surface area contributed by atoms with Crippen molar-refractivity contribution in [2.24, 2.45) is 0 Å². The van der Waals surface area contributed by atoms with Crippen LogP contribution in [0.3, 0.4) is 0 Å². The van der Waals surface area contributed by atoms with Crippen LogP contribution in [0.25, 0.3) is 0 Å². The molecule has 1 aliphatic rings. The maximum atomic E-state index is 15.6. The first kappa shape index (κ1) is 30.8. The Labute approximate surface area is 226 Å². The summed E-state index contributed by atoms with van der Waals surface area (Å²) in [6.45, 7) is 5.83. The molecule has 0 fully saturated rings. The quantitative estimate of drug-likeness (QED) is 0.131. The van der Waals surface area contributed by atoms with E-state index in [9.17, 15) is 21.6 Å². The second-order valence-electron chi connectivity index (χ2n) is 9.88. The molecule has 3 rings (SSSR count). The van der Waals surface area contributed by atoms with Gasteiger partial charge in [-0.05, 0) is 42.9 Å². The van der Waals surface area contributed by atoms with E-state index >= 15 is 8.78 Å². The van der Waals surface area contributed by atoms with Crippen molar-refractivity contribution in [3.63, 3.8) is 0 Å². The molecule has 38 heavy (non-hydrogen) atoms. The lowest BCUT2D eigenvalue weighted by atomic mass is 10.1. The Morgan fingerprint density at radius 1 is 1.08 bits per heavy atom. The molecule has 0 spiro atoms. The number of halogens is 6. The van der Waals surface area contributed by atoms with Crippen LogP contribution in [-0.4, -0.2) is 28.4 Å². The lowest BCUT2D eigenvalue weighted by molar-refractivity contribution is -0.0901. The van der Waals surface area contributed by atoms with Crippen LogP contribution in [0.4, 0.5) is 22.0 Å². The molecule has 1 aliphatic carbocycles. The van der Waals surface area contributed by atoms with E-state index in [1.165, 1.54) is 6.07 Å². The number of hydrogen-bond acceptors (Lipinski definition) is 4. The first-order valence-corrected chi connectivity index (χ1v) is 17.4. The summed E-state index contributed by atoms with van der Waals surface area (Å²) in [4.78, 5) is -0.894. The smallest absolute Gasteiger partial charge is 0.341 e. The predicted octanol–water partition coefficient (Wildman–Crippen LogP) is 9.08. The Hall–Kier alpha value is -1.69. The first-order chi connectivity index (χ1) is 17.8. The van der Waals surface area contributed by atoms with Gasteiger partial charge in [-0.3, -0.25) is 0 Å². The molecule has 2 aromatic rings. The van der Waals surface area contributed by atoms with Crippen molar-refractivity contribution >= 4 is 29.8 Å². The fraction of sp³-hybridized carbons (Fsp3) is 0.538. The molecular formula is C26H32ClF5O4SSi. The van der Waals surface area contributed by atoms with Crippen LogP contribution in [-0.2, 0) is 20.7 Å². The zero-order chi connectivity index (χ0) is 28.3. The molecule has 0 N–H and O–H groups in total. The Morgan fingerprint density at radius 2 is 1.74 bits per heavy atom. The lowest BCUT2D eigenvalue weighted by Crippen LogP contribution is -2.40. The van der Waals surface area contributed by atoms with Gasteiger partial charge in [0.25, 0.3) is 5.92 Å². The molecule has 0 saturated carbocycles. The summed E-state index contributed by atoms with van der Waals surface area (Å²) in [6, 6.07) is 6.45. The first-order valence-electron chi connectivity index (χ1n) is 12.6. The molecule has 12 heteroatoms. The Kier molecular flexibility index (Phi) is 9.92. The van der Waals surface area contributed by atoms with Gasteiger partial charge in [-0.2, -0.15) is 8.78 Å². The monoisotopic (exact) mass is 598 g/mol. The van der Waals surface area contributed by atoms with E-state index in [2.05, 4.69) is 0 Å². The van der Waals surface area contributed by atoms with Gasteiger partial charge >= 0.3 is 5.76 Å². The van der Waals surface area contributed by atoms with Gasteiger partial charge in [0, 0.05) is 23.6 Å². The van der Waals surface area contributed by atoms with E-state index in [1.54, 1.807) is 0 Å². The average Bonchev–Trinajstić information content (AvgIpc) is 3.10. The van der Waals surface area contributed by atoms with Crippen LogP contribution >= 0.6 is 11.6 Å². The highest BCUT2D eigenvalue weighted by atomic mass is 35.5. The summed E-state index contributed by atoms with van der Waals surface area (Å²) in [6.07, 6.45) is 1.17. The van der Waals surface area contributed by atoms with Crippen LogP contribution in [0.5, 0.6) is 11.5 Å². The third-order valence-electron chi connectivity index (χ3n) is 6.76. The zero-order valence-corrected chi connectivity index (χ0v) is 24.1. The zero-order valence-electron chi connectivity index (χ0n) is 21.5.